The number of nitrogens with one attached hydrogen (secondary N) is 1. The molecule has 27 heavy (non-hydrogen) atoms. The molecular weight excluding hydrogens is 334 g/mol. The third-order valence-electron chi connectivity index (χ3n) is 6.19. The number of amides is 1. The Labute approximate surface area is 162 Å². The zero-order chi connectivity index (χ0) is 18.7. The molecule has 2 fully saturated rings. The van der Waals surface area contributed by atoms with Crippen LogP contribution in [0, 0.1) is 0 Å². The van der Waals surface area contributed by atoms with Gasteiger partial charge in [-0.25, -0.2) is 0 Å². The number of likely N-dealkylation sites (tertiary alicyclic amines) is 1. The highest BCUT2D eigenvalue weighted by Crippen LogP contribution is 2.33. The molecule has 3 heterocycles. The van der Waals surface area contributed by atoms with Gasteiger partial charge in [0.2, 0.25) is 0 Å². The van der Waals surface area contributed by atoms with Gasteiger partial charge in [0.1, 0.15) is 0 Å². The van der Waals surface area contributed by atoms with Crippen LogP contribution in [0.25, 0.3) is 0 Å². The van der Waals surface area contributed by atoms with Crippen LogP contribution in [-0.2, 0) is 6.42 Å². The van der Waals surface area contributed by atoms with Crippen LogP contribution < -0.4 is 5.32 Å². The highest BCUT2D eigenvalue weighted by atomic mass is 16.2. The van der Waals surface area contributed by atoms with Gasteiger partial charge in [0.25, 0.3) is 5.91 Å². The Hall–Kier alpha value is -2.20. The summed E-state index contributed by atoms with van der Waals surface area (Å²) < 4.78 is 0. The smallest absolute Gasteiger partial charge is 0.254 e. The molecule has 0 bridgehead atoms. The minimum Gasteiger partial charge on any atom is -0.334 e. The van der Waals surface area contributed by atoms with E-state index in [1.54, 1.807) is 6.20 Å². The van der Waals surface area contributed by atoms with Gasteiger partial charge in [0, 0.05) is 42.0 Å². The number of fused-ring (bicyclic) bond motifs is 1. The van der Waals surface area contributed by atoms with E-state index in [-0.39, 0.29) is 17.5 Å². The fourth-order valence-corrected chi connectivity index (χ4v) is 4.72. The Morgan fingerprint density at radius 2 is 2.07 bits per heavy atom. The van der Waals surface area contributed by atoms with Crippen molar-refractivity contribution < 1.29 is 4.79 Å². The molecule has 4 heteroatoms. The molecule has 4 nitrogen and oxygen atoms in total. The second-order valence-corrected chi connectivity index (χ2v) is 8.16. The summed E-state index contributed by atoms with van der Waals surface area (Å²) in [6, 6.07) is 14.4. The van der Waals surface area contributed by atoms with E-state index in [4.69, 9.17) is 0 Å². The van der Waals surface area contributed by atoms with Gasteiger partial charge in [-0.1, -0.05) is 36.8 Å². The zero-order valence-corrected chi connectivity index (χ0v) is 16.2. The lowest BCUT2D eigenvalue weighted by Crippen LogP contribution is -2.62. The van der Waals surface area contributed by atoms with E-state index in [1.165, 1.54) is 18.4 Å². The number of hydrogen-bond acceptors (Lipinski definition) is 3. The molecule has 0 aliphatic carbocycles. The van der Waals surface area contributed by atoms with E-state index in [2.05, 4.69) is 34.3 Å². The Balaban J connectivity index is 1.56. The molecule has 1 aromatic carbocycles. The SMILES string of the molecule is C[C@]12CCCN(C(=O)c3ccnc(Cc4ccccc4)c3)[C@H]1CCCCN2. The molecule has 0 radical (unpaired) electrons. The summed E-state index contributed by atoms with van der Waals surface area (Å²) in [4.78, 5) is 20.0. The first-order chi connectivity index (χ1) is 13.2. The van der Waals surface area contributed by atoms with Crippen molar-refractivity contribution in [1.82, 2.24) is 15.2 Å². The second kappa shape index (κ2) is 7.81. The van der Waals surface area contributed by atoms with Gasteiger partial charge in [-0.3, -0.25) is 9.78 Å². The van der Waals surface area contributed by atoms with Crippen molar-refractivity contribution in [2.24, 2.45) is 0 Å². The topological polar surface area (TPSA) is 45.2 Å². The van der Waals surface area contributed by atoms with Gasteiger partial charge < -0.3 is 10.2 Å². The van der Waals surface area contributed by atoms with Gasteiger partial charge >= 0.3 is 0 Å². The summed E-state index contributed by atoms with van der Waals surface area (Å²) in [5.74, 6) is 0.159. The van der Waals surface area contributed by atoms with Crippen molar-refractivity contribution in [2.45, 2.75) is 57.0 Å². The minimum absolute atomic E-state index is 0.0459. The van der Waals surface area contributed by atoms with Crippen LogP contribution in [-0.4, -0.2) is 40.5 Å². The molecule has 142 valence electrons. The number of carbonyl (C=O) groups is 1. The van der Waals surface area contributed by atoms with E-state index in [9.17, 15) is 4.79 Å². The van der Waals surface area contributed by atoms with Crippen LogP contribution in [0.1, 0.15) is 60.6 Å². The minimum atomic E-state index is 0.0459. The lowest BCUT2D eigenvalue weighted by Gasteiger charge is -2.48. The average Bonchev–Trinajstić information content (AvgIpc) is 2.89. The fraction of sp³-hybridized carbons (Fsp3) is 0.478. The Morgan fingerprint density at radius 3 is 2.93 bits per heavy atom. The van der Waals surface area contributed by atoms with E-state index in [0.29, 0.717) is 0 Å². The summed E-state index contributed by atoms with van der Waals surface area (Å²) in [6.45, 7) is 4.22. The van der Waals surface area contributed by atoms with E-state index < -0.39 is 0 Å². The molecule has 4 rings (SSSR count). The highest BCUT2D eigenvalue weighted by Gasteiger charge is 2.43. The predicted molar refractivity (Wildman–Crippen MR) is 108 cm³/mol. The molecule has 1 N–H and O–H groups in total. The van der Waals surface area contributed by atoms with Crippen LogP contribution in [0.4, 0.5) is 0 Å². The molecule has 0 saturated carbocycles. The molecule has 0 unspecified atom stereocenters. The number of carbonyl (C=O) groups excluding carboxylic acids is 1. The fourth-order valence-electron chi connectivity index (χ4n) is 4.72. The molecule has 2 atom stereocenters. The maximum absolute atomic E-state index is 13.4. The maximum atomic E-state index is 13.4. The predicted octanol–water partition coefficient (Wildman–Crippen LogP) is 3.81. The number of pyridine rings is 1. The molecule has 2 saturated heterocycles. The summed E-state index contributed by atoms with van der Waals surface area (Å²) in [6.07, 6.45) is 8.23. The van der Waals surface area contributed by atoms with E-state index >= 15 is 0 Å². The Kier molecular flexibility index (Phi) is 5.26. The summed E-state index contributed by atoms with van der Waals surface area (Å²) in [7, 11) is 0. The summed E-state index contributed by atoms with van der Waals surface area (Å²) in [5, 5.41) is 3.73. The lowest BCUT2D eigenvalue weighted by atomic mass is 9.81. The largest absolute Gasteiger partial charge is 0.334 e. The van der Waals surface area contributed by atoms with Gasteiger partial charge in [-0.2, -0.15) is 0 Å². The number of piperidine rings is 1. The first-order valence-corrected chi connectivity index (χ1v) is 10.2. The number of nitrogens with zero attached hydrogens (tertiary/aromatic N) is 2. The molecule has 1 amide bonds. The number of rotatable bonds is 3. The Bertz CT molecular complexity index is 791. The van der Waals surface area contributed by atoms with Crippen LogP contribution in [0.5, 0.6) is 0 Å². The van der Waals surface area contributed by atoms with Crippen LogP contribution in [0.3, 0.4) is 0 Å². The van der Waals surface area contributed by atoms with Crippen LogP contribution in [0.2, 0.25) is 0 Å². The normalized spacial score (nSPS) is 25.5. The van der Waals surface area contributed by atoms with Crippen LogP contribution in [0.15, 0.2) is 48.7 Å². The van der Waals surface area contributed by atoms with Gasteiger partial charge in [0.05, 0.1) is 0 Å². The van der Waals surface area contributed by atoms with Crippen molar-refractivity contribution in [3.8, 4) is 0 Å². The average molecular weight is 364 g/mol. The van der Waals surface area contributed by atoms with Gasteiger partial charge in [-0.15, -0.1) is 0 Å². The summed E-state index contributed by atoms with van der Waals surface area (Å²) in [5.41, 5.74) is 2.98. The standard InChI is InChI=1S/C23H29N3O/c1-23-12-7-15-26(21(23)10-5-6-13-25-23)22(27)19-11-14-24-20(17-19)16-18-8-3-2-4-9-18/h2-4,8-9,11,14,17,21,25H,5-7,10,12-13,15-16H2,1H3/t21-,23-/m0/s1. The third-order valence-corrected chi connectivity index (χ3v) is 6.19. The molecule has 1 aromatic heterocycles. The van der Waals surface area contributed by atoms with Gasteiger partial charge in [-0.05, 0) is 56.8 Å². The third kappa shape index (κ3) is 3.91. The van der Waals surface area contributed by atoms with Crippen molar-refractivity contribution in [2.75, 3.05) is 13.1 Å². The lowest BCUT2D eigenvalue weighted by molar-refractivity contribution is 0.0379. The molecule has 2 aliphatic heterocycles. The first-order valence-electron chi connectivity index (χ1n) is 10.2. The first kappa shape index (κ1) is 18.2. The highest BCUT2D eigenvalue weighted by molar-refractivity contribution is 5.94. The second-order valence-electron chi connectivity index (χ2n) is 8.16. The molecular formula is C23H29N3O. The van der Waals surface area contributed by atoms with Crippen molar-refractivity contribution in [3.05, 3.63) is 65.5 Å². The van der Waals surface area contributed by atoms with E-state index in [0.717, 1.165) is 50.0 Å². The monoisotopic (exact) mass is 363 g/mol. The molecule has 0 spiro atoms. The number of aromatic nitrogens is 1. The number of hydrogen-bond donors (Lipinski definition) is 1. The van der Waals surface area contributed by atoms with Crippen molar-refractivity contribution >= 4 is 5.91 Å². The van der Waals surface area contributed by atoms with Crippen molar-refractivity contribution in [3.63, 3.8) is 0 Å². The van der Waals surface area contributed by atoms with E-state index in [1.807, 2.05) is 30.3 Å². The van der Waals surface area contributed by atoms with Crippen LogP contribution >= 0.6 is 0 Å². The zero-order valence-electron chi connectivity index (χ0n) is 16.2. The molecule has 2 aromatic rings. The van der Waals surface area contributed by atoms with Gasteiger partial charge in [0.15, 0.2) is 0 Å². The molecule has 2 aliphatic rings. The number of benzene rings is 1. The summed E-state index contributed by atoms with van der Waals surface area (Å²) >= 11 is 0. The quantitative estimate of drug-likeness (QED) is 0.902. The maximum Gasteiger partial charge on any atom is 0.254 e. The Morgan fingerprint density at radius 1 is 1.22 bits per heavy atom. The van der Waals surface area contributed by atoms with Crippen molar-refractivity contribution in [1.29, 1.82) is 0 Å².